The van der Waals surface area contributed by atoms with Crippen molar-refractivity contribution >= 4 is 42.1 Å². The molecule has 0 radical (unpaired) electrons. The third-order valence-corrected chi connectivity index (χ3v) is 4.76. The lowest BCUT2D eigenvalue weighted by Gasteiger charge is -2.31. The number of amides is 1. The van der Waals surface area contributed by atoms with E-state index in [0.717, 1.165) is 17.1 Å². The molecule has 1 fully saturated rings. The summed E-state index contributed by atoms with van der Waals surface area (Å²) >= 11 is 1.68. The van der Waals surface area contributed by atoms with Gasteiger partial charge in [0.05, 0.1) is 16.2 Å². The molecule has 1 aliphatic rings. The van der Waals surface area contributed by atoms with Gasteiger partial charge in [-0.2, -0.15) is 0 Å². The van der Waals surface area contributed by atoms with E-state index in [1.54, 1.807) is 11.3 Å². The first-order valence-electron chi connectivity index (χ1n) is 7.10. The van der Waals surface area contributed by atoms with E-state index in [-0.39, 0.29) is 30.7 Å². The smallest absolute Gasteiger partial charge is 0.240 e. The first kappa shape index (κ1) is 21.6. The van der Waals surface area contributed by atoms with Gasteiger partial charge < -0.3 is 15.8 Å². The summed E-state index contributed by atoms with van der Waals surface area (Å²) in [6.45, 7) is 5.98. The van der Waals surface area contributed by atoms with Gasteiger partial charge >= 0.3 is 0 Å². The van der Waals surface area contributed by atoms with Gasteiger partial charge in [0.2, 0.25) is 5.91 Å². The second kappa shape index (κ2) is 9.67. The fourth-order valence-corrected chi connectivity index (χ4v) is 3.01. The summed E-state index contributed by atoms with van der Waals surface area (Å²) < 4.78 is 5.25. The molecule has 1 aliphatic heterocycles. The lowest BCUT2D eigenvalue weighted by Crippen LogP contribution is -2.57. The second-order valence-electron chi connectivity index (χ2n) is 5.61. The highest BCUT2D eigenvalue weighted by Gasteiger charge is 2.35. The standard InChI is InChI=1S/C14H23N3O2S.2ClH/c1-10(2)12-17-11(9-20-12)3-6-16-13(18)14(15)4-7-19-8-5-14;;/h9-10H,3-8,15H2,1-2H3,(H,16,18);2*1H. The molecule has 22 heavy (non-hydrogen) atoms. The molecular weight excluding hydrogens is 345 g/mol. The van der Waals surface area contributed by atoms with Crippen LogP contribution in [0.3, 0.4) is 0 Å². The van der Waals surface area contributed by atoms with Crippen LogP contribution < -0.4 is 11.1 Å². The van der Waals surface area contributed by atoms with Crippen molar-refractivity contribution in [1.29, 1.82) is 0 Å². The Labute approximate surface area is 148 Å². The van der Waals surface area contributed by atoms with Gasteiger partial charge in [0.25, 0.3) is 0 Å². The molecule has 0 unspecified atom stereocenters. The number of halogens is 2. The molecule has 0 bridgehead atoms. The molecule has 1 saturated heterocycles. The number of hydrogen-bond acceptors (Lipinski definition) is 5. The van der Waals surface area contributed by atoms with E-state index >= 15 is 0 Å². The van der Waals surface area contributed by atoms with Crippen molar-refractivity contribution in [2.24, 2.45) is 5.73 Å². The maximum Gasteiger partial charge on any atom is 0.240 e. The monoisotopic (exact) mass is 369 g/mol. The topological polar surface area (TPSA) is 77.2 Å². The van der Waals surface area contributed by atoms with Gasteiger partial charge in [0.15, 0.2) is 0 Å². The van der Waals surface area contributed by atoms with Crippen LogP contribution >= 0.6 is 36.2 Å². The molecule has 1 aromatic rings. The first-order chi connectivity index (χ1) is 9.51. The lowest BCUT2D eigenvalue weighted by molar-refractivity contribution is -0.129. The predicted molar refractivity (Wildman–Crippen MR) is 94.4 cm³/mol. The van der Waals surface area contributed by atoms with Crippen molar-refractivity contribution < 1.29 is 9.53 Å². The van der Waals surface area contributed by atoms with E-state index in [2.05, 4.69) is 29.5 Å². The number of nitrogens with one attached hydrogen (secondary N) is 1. The second-order valence-corrected chi connectivity index (χ2v) is 6.50. The number of nitrogens with two attached hydrogens (primary N) is 1. The van der Waals surface area contributed by atoms with Crippen LogP contribution in [-0.2, 0) is 16.0 Å². The van der Waals surface area contributed by atoms with E-state index in [0.29, 0.717) is 38.5 Å². The Hall–Kier alpha value is -0.400. The Kier molecular flexibility index (Phi) is 9.50. The van der Waals surface area contributed by atoms with Crippen molar-refractivity contribution in [3.63, 3.8) is 0 Å². The summed E-state index contributed by atoms with van der Waals surface area (Å²) in [5, 5.41) is 6.13. The maximum absolute atomic E-state index is 12.1. The minimum absolute atomic E-state index is 0. The highest BCUT2D eigenvalue weighted by molar-refractivity contribution is 7.09. The quantitative estimate of drug-likeness (QED) is 0.834. The minimum atomic E-state index is -0.760. The van der Waals surface area contributed by atoms with Crippen LogP contribution in [0.25, 0.3) is 0 Å². The Morgan fingerprint density at radius 1 is 1.45 bits per heavy atom. The van der Waals surface area contributed by atoms with Crippen LogP contribution in [-0.4, -0.2) is 36.2 Å². The number of rotatable bonds is 5. The molecule has 1 aromatic heterocycles. The van der Waals surface area contributed by atoms with E-state index < -0.39 is 5.54 Å². The van der Waals surface area contributed by atoms with Crippen LogP contribution in [0.1, 0.15) is 43.3 Å². The molecule has 0 aromatic carbocycles. The largest absolute Gasteiger partial charge is 0.381 e. The Balaban J connectivity index is 0.00000220. The van der Waals surface area contributed by atoms with Gasteiger partial charge in [-0.25, -0.2) is 4.98 Å². The van der Waals surface area contributed by atoms with Gasteiger partial charge in [-0.05, 0) is 12.8 Å². The van der Waals surface area contributed by atoms with Crippen molar-refractivity contribution in [2.75, 3.05) is 19.8 Å². The predicted octanol–water partition coefficient (Wildman–Crippen LogP) is 2.28. The van der Waals surface area contributed by atoms with E-state index in [1.165, 1.54) is 0 Å². The van der Waals surface area contributed by atoms with Gasteiger partial charge in [0, 0.05) is 37.5 Å². The molecular formula is C14H25Cl2N3O2S. The summed E-state index contributed by atoms with van der Waals surface area (Å²) in [6, 6.07) is 0. The summed E-state index contributed by atoms with van der Waals surface area (Å²) in [4.78, 5) is 16.7. The summed E-state index contributed by atoms with van der Waals surface area (Å²) in [5.74, 6) is 0.387. The summed E-state index contributed by atoms with van der Waals surface area (Å²) in [6.07, 6.45) is 1.93. The molecule has 128 valence electrons. The van der Waals surface area contributed by atoms with Crippen LogP contribution in [0.15, 0.2) is 5.38 Å². The number of carbonyl (C=O) groups excluding carboxylic acids is 1. The Morgan fingerprint density at radius 2 is 2.09 bits per heavy atom. The molecule has 3 N–H and O–H groups in total. The van der Waals surface area contributed by atoms with Crippen molar-refractivity contribution in [3.05, 3.63) is 16.1 Å². The number of thiazole rings is 1. The summed E-state index contributed by atoms with van der Waals surface area (Å²) in [5.41, 5.74) is 6.40. The highest BCUT2D eigenvalue weighted by atomic mass is 35.5. The van der Waals surface area contributed by atoms with Crippen LogP contribution in [0.4, 0.5) is 0 Å². The van der Waals surface area contributed by atoms with Gasteiger partial charge in [0.1, 0.15) is 0 Å². The fraction of sp³-hybridized carbons (Fsp3) is 0.714. The van der Waals surface area contributed by atoms with Gasteiger partial charge in [-0.3, -0.25) is 4.79 Å². The van der Waals surface area contributed by atoms with Crippen LogP contribution in [0.2, 0.25) is 0 Å². The van der Waals surface area contributed by atoms with E-state index in [9.17, 15) is 4.79 Å². The highest BCUT2D eigenvalue weighted by Crippen LogP contribution is 2.20. The normalized spacial score (nSPS) is 16.5. The lowest BCUT2D eigenvalue weighted by atomic mass is 9.90. The Morgan fingerprint density at radius 3 is 2.64 bits per heavy atom. The van der Waals surface area contributed by atoms with E-state index in [4.69, 9.17) is 10.5 Å². The SMILES string of the molecule is CC(C)c1nc(CCNC(=O)C2(N)CCOCC2)cs1.Cl.Cl. The van der Waals surface area contributed by atoms with Gasteiger partial charge in [-0.1, -0.05) is 13.8 Å². The molecule has 0 aliphatic carbocycles. The zero-order chi connectivity index (χ0) is 14.6. The molecule has 8 heteroatoms. The number of nitrogens with zero attached hydrogens (tertiary/aromatic N) is 1. The zero-order valence-corrected chi connectivity index (χ0v) is 15.4. The minimum Gasteiger partial charge on any atom is -0.381 e. The van der Waals surface area contributed by atoms with Crippen molar-refractivity contribution in [3.8, 4) is 0 Å². The number of ether oxygens (including phenoxy) is 1. The van der Waals surface area contributed by atoms with Crippen molar-refractivity contribution in [1.82, 2.24) is 10.3 Å². The number of carbonyl (C=O) groups is 1. The number of hydrogen-bond donors (Lipinski definition) is 2. The van der Waals surface area contributed by atoms with Crippen LogP contribution in [0.5, 0.6) is 0 Å². The van der Waals surface area contributed by atoms with Gasteiger partial charge in [-0.15, -0.1) is 36.2 Å². The number of aromatic nitrogens is 1. The average molecular weight is 370 g/mol. The van der Waals surface area contributed by atoms with Crippen LogP contribution in [0, 0.1) is 0 Å². The summed E-state index contributed by atoms with van der Waals surface area (Å²) in [7, 11) is 0. The molecule has 0 saturated carbocycles. The molecule has 1 amide bonds. The third-order valence-electron chi connectivity index (χ3n) is 3.57. The van der Waals surface area contributed by atoms with Crippen molar-refractivity contribution in [2.45, 2.75) is 44.6 Å². The zero-order valence-electron chi connectivity index (χ0n) is 13.0. The Bertz CT molecular complexity index is 463. The maximum atomic E-state index is 12.1. The molecule has 2 heterocycles. The molecule has 0 atom stereocenters. The average Bonchev–Trinajstić information content (AvgIpc) is 2.88. The molecule has 0 spiro atoms. The molecule has 5 nitrogen and oxygen atoms in total. The van der Waals surface area contributed by atoms with E-state index in [1.807, 2.05) is 0 Å². The fourth-order valence-electron chi connectivity index (χ4n) is 2.15. The molecule has 2 rings (SSSR count). The third kappa shape index (κ3) is 5.66. The first-order valence-corrected chi connectivity index (χ1v) is 7.98.